The number of amides is 2. The van der Waals surface area contributed by atoms with Crippen LogP contribution in [0.4, 0.5) is 0 Å². The quantitative estimate of drug-likeness (QED) is 0.412. The third-order valence-corrected chi connectivity index (χ3v) is 2.68. The van der Waals surface area contributed by atoms with Gasteiger partial charge in [0.1, 0.15) is 12.1 Å². The molecule has 5 N–H and O–H groups in total. The van der Waals surface area contributed by atoms with Crippen LogP contribution in [0.1, 0.15) is 0 Å². The van der Waals surface area contributed by atoms with Crippen molar-refractivity contribution in [1.29, 1.82) is 0 Å². The van der Waals surface area contributed by atoms with E-state index in [-0.39, 0.29) is 5.91 Å². The number of primary amides is 1. The largest absolute Gasteiger partial charge is 0.379 e. The van der Waals surface area contributed by atoms with Crippen LogP contribution in [0.15, 0.2) is 12.8 Å². The number of rotatable bonds is 9. The number of carbonyl (C=O) groups is 2. The molecule has 17 heavy (non-hydrogen) atoms. The molecule has 0 unspecified atom stereocenters. The molecule has 0 bridgehead atoms. The van der Waals surface area contributed by atoms with Gasteiger partial charge in [0, 0.05) is 12.3 Å². The number of thioether (sulfide) groups is 1. The second-order valence-electron chi connectivity index (χ2n) is 3.36. The van der Waals surface area contributed by atoms with Crippen LogP contribution in [0, 0.1) is 0 Å². The van der Waals surface area contributed by atoms with Gasteiger partial charge in [-0.1, -0.05) is 6.58 Å². The number of nitrogens with two attached hydrogens (primary N) is 1. The highest BCUT2D eigenvalue weighted by molar-refractivity contribution is 7.98. The molecule has 0 saturated carbocycles. The van der Waals surface area contributed by atoms with Crippen molar-refractivity contribution < 1.29 is 11.0 Å². The molecule has 0 saturated heterocycles. The van der Waals surface area contributed by atoms with Crippen LogP contribution < -0.4 is 21.7 Å². The summed E-state index contributed by atoms with van der Waals surface area (Å²) in [6.45, 7) is 3.91. The van der Waals surface area contributed by atoms with Crippen LogP contribution in [0.3, 0.4) is 0 Å². The van der Waals surface area contributed by atoms with Crippen molar-refractivity contribution in [3.05, 3.63) is 12.8 Å². The van der Waals surface area contributed by atoms with E-state index in [0.29, 0.717) is 12.3 Å². The molecule has 0 heterocycles. The topological polar surface area (TPSA) is 96.2 Å². The number of carbonyl (C=O) groups excluding carboxylic acids is 2. The van der Waals surface area contributed by atoms with Gasteiger partial charge in [-0.3, -0.25) is 9.59 Å². The molecule has 0 aliphatic heterocycles. The fraction of sp³-hybridized carbons (Fsp3) is 0.600. The molecule has 98 valence electrons. The standard InChI is InChI=1S/C10H20N4O2S/c1-4-13-7(5-12-2)10(16)14-8(6-17-3)9(11)15/h4,7-8,12-13H,1,5-6H2,2-3H3,(H2,11,15)(H,14,16)/t7-,8-/m0/s1/i/hT. The summed E-state index contributed by atoms with van der Waals surface area (Å²) in [6.07, 6.45) is 3.25. The lowest BCUT2D eigenvalue weighted by molar-refractivity contribution is -0.127. The lowest BCUT2D eigenvalue weighted by Gasteiger charge is -2.20. The Hall–Kier alpha value is -1.21. The monoisotopic (exact) mass is 262 g/mol. The summed E-state index contributed by atoms with van der Waals surface area (Å²) < 4.78 is 6.83. The molecule has 0 aromatic heterocycles. The molecule has 0 aromatic carbocycles. The zero-order valence-corrected chi connectivity index (χ0v) is 10.9. The van der Waals surface area contributed by atoms with E-state index < -0.39 is 18.0 Å². The van der Waals surface area contributed by atoms with Crippen LogP contribution in [0.25, 0.3) is 0 Å². The zero-order valence-electron chi connectivity index (χ0n) is 11.1. The summed E-state index contributed by atoms with van der Waals surface area (Å²) in [5, 5.41) is 8.26. The maximum atomic E-state index is 11.9. The van der Waals surface area contributed by atoms with E-state index in [1.165, 1.54) is 18.0 Å². The van der Waals surface area contributed by atoms with E-state index in [1.54, 1.807) is 12.8 Å². The molecule has 0 spiro atoms. The van der Waals surface area contributed by atoms with Gasteiger partial charge < -0.3 is 21.7 Å². The van der Waals surface area contributed by atoms with E-state index in [9.17, 15) is 9.59 Å². The minimum absolute atomic E-state index is 0.313. The molecule has 0 radical (unpaired) electrons. The van der Waals surface area contributed by atoms with Gasteiger partial charge in [-0.2, -0.15) is 11.8 Å². The normalized spacial score (nSPS) is 14.1. The first kappa shape index (κ1) is 13.9. The molecule has 0 aliphatic carbocycles. The molecule has 7 heteroatoms. The number of nitrogens with one attached hydrogen (secondary N) is 3. The summed E-state index contributed by atoms with van der Waals surface area (Å²) in [5.41, 5.74) is 1.78. The first-order valence-electron chi connectivity index (χ1n) is 5.63. The number of hydrogen-bond donors (Lipinski definition) is 4. The highest BCUT2D eigenvalue weighted by Crippen LogP contribution is 1.97. The van der Waals surface area contributed by atoms with Crippen LogP contribution in [-0.4, -0.2) is 49.5 Å². The Labute approximate surface area is 107 Å². The van der Waals surface area contributed by atoms with E-state index in [4.69, 9.17) is 1.41 Å². The molecule has 0 fully saturated rings. The summed E-state index contributed by atoms with van der Waals surface area (Å²) in [5.74, 6) is -0.428. The smallest absolute Gasteiger partial charge is 0.244 e. The first-order chi connectivity index (χ1) is 8.60. The zero-order chi connectivity index (χ0) is 14.0. The minimum atomic E-state index is -0.712. The Kier molecular flexibility index (Phi) is 7.24. The van der Waals surface area contributed by atoms with Crippen molar-refractivity contribution in [3.63, 3.8) is 0 Å². The molecular formula is C10H20N4O2S. The van der Waals surface area contributed by atoms with Crippen molar-refractivity contribution in [2.24, 2.45) is 5.73 Å². The Morgan fingerprint density at radius 1 is 1.59 bits per heavy atom. The van der Waals surface area contributed by atoms with Crippen LogP contribution in [-0.2, 0) is 9.59 Å². The lowest BCUT2D eigenvalue weighted by atomic mass is 10.2. The second-order valence-corrected chi connectivity index (χ2v) is 4.27. The number of likely N-dealkylation sites (N-methyl/N-ethyl adjacent to an activating group) is 1. The van der Waals surface area contributed by atoms with Crippen LogP contribution >= 0.6 is 11.8 Å². The van der Waals surface area contributed by atoms with Gasteiger partial charge >= 0.3 is 0 Å². The summed E-state index contributed by atoms with van der Waals surface area (Å²) in [6, 6.07) is -1.22. The van der Waals surface area contributed by atoms with Crippen molar-refractivity contribution >= 4 is 23.6 Å². The first-order valence-corrected chi connectivity index (χ1v) is 6.52. The molecule has 2 amide bonds. The van der Waals surface area contributed by atoms with Crippen LogP contribution in [0.5, 0.6) is 0 Å². The van der Waals surface area contributed by atoms with Gasteiger partial charge in [-0.15, -0.1) is 0 Å². The summed E-state index contributed by atoms with van der Waals surface area (Å²) >= 11 is 1.42. The van der Waals surface area contributed by atoms with Gasteiger partial charge in [-0.25, -0.2) is 0 Å². The minimum Gasteiger partial charge on any atom is -0.379 e. The van der Waals surface area contributed by atoms with Gasteiger partial charge in [0.15, 0.2) is 1.41 Å². The fourth-order valence-electron chi connectivity index (χ4n) is 1.20. The van der Waals surface area contributed by atoms with E-state index in [1.807, 2.05) is 6.26 Å². The Morgan fingerprint density at radius 2 is 2.29 bits per heavy atom. The SMILES string of the molecule is [3H]NC(=O)[C@H](CSC)NC(=O)[C@H](CNC)NC=C. The Morgan fingerprint density at radius 3 is 2.76 bits per heavy atom. The van der Waals surface area contributed by atoms with Gasteiger partial charge in [0.2, 0.25) is 11.8 Å². The van der Waals surface area contributed by atoms with E-state index in [2.05, 4.69) is 22.5 Å². The third kappa shape index (κ3) is 6.18. The molecule has 2 atom stereocenters. The fourth-order valence-corrected chi connectivity index (χ4v) is 1.76. The van der Waals surface area contributed by atoms with Gasteiger partial charge in [-0.05, 0) is 19.5 Å². The molecule has 6 nitrogen and oxygen atoms in total. The van der Waals surface area contributed by atoms with Crippen molar-refractivity contribution in [3.8, 4) is 0 Å². The number of hydrogen-bond acceptors (Lipinski definition) is 5. The highest BCUT2D eigenvalue weighted by Gasteiger charge is 2.22. The second kappa shape index (κ2) is 8.89. The Bertz CT molecular complexity index is 291. The predicted octanol–water partition coefficient (Wildman–Crippen LogP) is -1.36. The molecular weight excluding hydrogens is 240 g/mol. The average molecular weight is 262 g/mol. The maximum Gasteiger partial charge on any atom is 0.244 e. The summed E-state index contributed by atoms with van der Waals surface area (Å²) in [4.78, 5) is 23.3. The summed E-state index contributed by atoms with van der Waals surface area (Å²) in [7, 11) is 1.72. The maximum absolute atomic E-state index is 11.9. The third-order valence-electron chi connectivity index (χ3n) is 2.01. The van der Waals surface area contributed by atoms with Gasteiger partial charge in [0.05, 0.1) is 0 Å². The molecule has 0 aliphatic rings. The van der Waals surface area contributed by atoms with Crippen LogP contribution in [0.2, 0.25) is 1.41 Å². The van der Waals surface area contributed by atoms with E-state index >= 15 is 0 Å². The Balaban J connectivity index is 4.53. The average Bonchev–Trinajstić information content (AvgIpc) is 2.37. The van der Waals surface area contributed by atoms with E-state index in [0.717, 1.165) is 0 Å². The van der Waals surface area contributed by atoms with Gasteiger partial charge in [0.25, 0.3) is 0 Å². The predicted molar refractivity (Wildman–Crippen MR) is 70.6 cm³/mol. The highest BCUT2D eigenvalue weighted by atomic mass is 32.2. The lowest BCUT2D eigenvalue weighted by Crippen LogP contribution is -2.54. The van der Waals surface area contributed by atoms with Crippen molar-refractivity contribution in [2.75, 3.05) is 25.6 Å². The molecule has 0 aromatic rings. The molecule has 0 rings (SSSR count). The van der Waals surface area contributed by atoms with Crippen molar-refractivity contribution in [2.45, 2.75) is 12.1 Å². The van der Waals surface area contributed by atoms with Crippen molar-refractivity contribution in [1.82, 2.24) is 16.0 Å².